The number of oxazole rings is 1. The lowest BCUT2D eigenvalue weighted by atomic mass is 10.1. The highest BCUT2D eigenvalue weighted by Gasteiger charge is 2.09. The molecule has 0 saturated carbocycles. The fourth-order valence-electron chi connectivity index (χ4n) is 3.11. The maximum absolute atomic E-state index is 12.0. The Morgan fingerprint density at radius 3 is 2.48 bits per heavy atom. The van der Waals surface area contributed by atoms with Gasteiger partial charge in [-0.05, 0) is 25.0 Å². The largest absolute Gasteiger partial charge is 0.441 e. The topological polar surface area (TPSA) is 110 Å². The summed E-state index contributed by atoms with van der Waals surface area (Å²) in [5.74, 6) is 1.17. The zero-order valence-corrected chi connectivity index (χ0v) is 17.5. The van der Waals surface area contributed by atoms with Crippen LogP contribution in [0.4, 0.5) is 11.4 Å². The minimum atomic E-state index is -0.0530. The lowest BCUT2D eigenvalue weighted by Gasteiger charge is -2.08. The fraction of sp³-hybridized carbons (Fsp3) is 0.292. The Morgan fingerprint density at radius 2 is 1.68 bits per heavy atom. The van der Waals surface area contributed by atoms with Gasteiger partial charge in [0.15, 0.2) is 11.7 Å². The molecule has 7 heteroatoms. The first-order valence-electron chi connectivity index (χ1n) is 10.5. The molecule has 0 aliphatic carbocycles. The highest BCUT2D eigenvalue weighted by Crippen LogP contribution is 2.20. The van der Waals surface area contributed by atoms with Gasteiger partial charge in [-0.1, -0.05) is 48.9 Å². The number of para-hydroxylation sites is 2. The number of benzene rings is 2. The first-order chi connectivity index (χ1) is 15.1. The van der Waals surface area contributed by atoms with Gasteiger partial charge in [0.1, 0.15) is 0 Å². The van der Waals surface area contributed by atoms with Crippen LogP contribution in [-0.2, 0) is 16.0 Å². The van der Waals surface area contributed by atoms with E-state index in [9.17, 15) is 9.59 Å². The van der Waals surface area contributed by atoms with Crippen LogP contribution in [0.15, 0.2) is 65.2 Å². The molecule has 31 heavy (non-hydrogen) atoms. The summed E-state index contributed by atoms with van der Waals surface area (Å²) in [7, 11) is 0. The van der Waals surface area contributed by atoms with Gasteiger partial charge < -0.3 is 20.8 Å². The van der Waals surface area contributed by atoms with Crippen molar-refractivity contribution < 1.29 is 14.0 Å². The van der Waals surface area contributed by atoms with E-state index in [1.807, 2.05) is 42.5 Å². The number of hydrogen-bond acceptors (Lipinski definition) is 5. The van der Waals surface area contributed by atoms with Crippen LogP contribution in [0.25, 0.3) is 11.3 Å². The summed E-state index contributed by atoms with van der Waals surface area (Å²) in [6.07, 6.45) is 5.34. The number of carbonyl (C=O) groups is 2. The van der Waals surface area contributed by atoms with E-state index < -0.39 is 0 Å². The predicted molar refractivity (Wildman–Crippen MR) is 121 cm³/mol. The molecule has 0 spiro atoms. The molecule has 3 aromatic rings. The van der Waals surface area contributed by atoms with Gasteiger partial charge in [-0.2, -0.15) is 0 Å². The Balaban J connectivity index is 1.25. The average molecular weight is 421 g/mol. The standard InChI is InChI=1S/C24H28N4O3/c25-19-11-6-7-12-20(19)28-23(30)13-5-2-8-16-26-22(29)14-15-24-27-17-21(31-24)18-9-3-1-4-10-18/h1,3-4,6-7,9-12,17H,2,5,8,13-16,25H2,(H,26,29)(H,28,30). The quantitative estimate of drug-likeness (QED) is 0.318. The van der Waals surface area contributed by atoms with Gasteiger partial charge in [-0.25, -0.2) is 4.98 Å². The number of rotatable bonds is 11. The first-order valence-corrected chi connectivity index (χ1v) is 10.5. The number of carbonyl (C=O) groups excluding carboxylic acids is 2. The number of nitrogens with one attached hydrogen (secondary N) is 2. The lowest BCUT2D eigenvalue weighted by Crippen LogP contribution is -2.24. The van der Waals surface area contributed by atoms with Crippen LogP contribution >= 0.6 is 0 Å². The number of anilines is 2. The molecule has 0 fully saturated rings. The van der Waals surface area contributed by atoms with Crippen molar-refractivity contribution in [3.63, 3.8) is 0 Å². The second-order valence-electron chi connectivity index (χ2n) is 7.28. The molecule has 7 nitrogen and oxygen atoms in total. The molecule has 0 atom stereocenters. The van der Waals surface area contributed by atoms with Gasteiger partial charge in [0, 0.05) is 31.4 Å². The van der Waals surface area contributed by atoms with Crippen molar-refractivity contribution in [1.29, 1.82) is 0 Å². The normalized spacial score (nSPS) is 10.6. The molecule has 0 bridgehead atoms. The van der Waals surface area contributed by atoms with Gasteiger partial charge in [0.2, 0.25) is 11.8 Å². The molecule has 4 N–H and O–H groups in total. The Kier molecular flexibility index (Phi) is 8.22. The Labute approximate surface area is 182 Å². The van der Waals surface area contributed by atoms with Crippen molar-refractivity contribution in [3.05, 3.63) is 66.7 Å². The monoisotopic (exact) mass is 420 g/mol. The van der Waals surface area contributed by atoms with Gasteiger partial charge in [-0.15, -0.1) is 0 Å². The van der Waals surface area contributed by atoms with Crippen LogP contribution in [0.2, 0.25) is 0 Å². The van der Waals surface area contributed by atoms with E-state index in [1.165, 1.54) is 0 Å². The molecular weight excluding hydrogens is 392 g/mol. The zero-order valence-electron chi connectivity index (χ0n) is 17.5. The molecule has 162 valence electrons. The predicted octanol–water partition coefficient (Wildman–Crippen LogP) is 4.17. The summed E-state index contributed by atoms with van der Waals surface area (Å²) in [4.78, 5) is 28.2. The number of hydrogen-bond donors (Lipinski definition) is 3. The number of nitrogen functional groups attached to an aromatic ring is 1. The molecule has 2 aromatic carbocycles. The van der Waals surface area contributed by atoms with Crippen LogP contribution < -0.4 is 16.4 Å². The number of nitrogens with two attached hydrogens (primary N) is 1. The van der Waals surface area contributed by atoms with E-state index in [-0.39, 0.29) is 11.8 Å². The summed E-state index contributed by atoms with van der Waals surface area (Å²) in [6.45, 7) is 0.590. The maximum atomic E-state index is 12.0. The van der Waals surface area contributed by atoms with Crippen molar-refractivity contribution in [1.82, 2.24) is 10.3 Å². The van der Waals surface area contributed by atoms with Crippen molar-refractivity contribution in [2.45, 2.75) is 38.5 Å². The molecule has 0 aliphatic rings. The molecule has 3 rings (SSSR count). The van der Waals surface area contributed by atoms with Crippen LogP contribution in [0.1, 0.15) is 38.0 Å². The van der Waals surface area contributed by atoms with Crippen molar-refractivity contribution in [2.24, 2.45) is 0 Å². The van der Waals surface area contributed by atoms with Crippen LogP contribution in [-0.4, -0.2) is 23.3 Å². The Bertz CT molecular complexity index is 985. The van der Waals surface area contributed by atoms with Crippen LogP contribution in [0.3, 0.4) is 0 Å². The van der Waals surface area contributed by atoms with Gasteiger partial charge in [0.05, 0.1) is 17.6 Å². The number of aryl methyl sites for hydroxylation is 1. The number of nitrogens with zero attached hydrogens (tertiary/aromatic N) is 1. The van der Waals surface area contributed by atoms with Crippen LogP contribution in [0, 0.1) is 0 Å². The zero-order chi connectivity index (χ0) is 21.9. The van der Waals surface area contributed by atoms with E-state index in [0.29, 0.717) is 48.8 Å². The van der Waals surface area contributed by atoms with Gasteiger partial charge in [-0.3, -0.25) is 9.59 Å². The summed E-state index contributed by atoms with van der Waals surface area (Å²) >= 11 is 0. The summed E-state index contributed by atoms with van der Waals surface area (Å²) in [6, 6.07) is 16.9. The van der Waals surface area contributed by atoms with Crippen molar-refractivity contribution >= 4 is 23.2 Å². The molecule has 0 radical (unpaired) electrons. The third-order valence-electron chi connectivity index (χ3n) is 4.82. The van der Waals surface area contributed by atoms with Crippen LogP contribution in [0.5, 0.6) is 0 Å². The second kappa shape index (κ2) is 11.5. The van der Waals surface area contributed by atoms with Gasteiger partial charge in [0.25, 0.3) is 0 Å². The lowest BCUT2D eigenvalue weighted by molar-refractivity contribution is -0.121. The maximum Gasteiger partial charge on any atom is 0.224 e. The van der Waals surface area contributed by atoms with E-state index in [0.717, 1.165) is 24.8 Å². The minimum absolute atomic E-state index is 0.0308. The van der Waals surface area contributed by atoms with E-state index in [2.05, 4.69) is 15.6 Å². The third-order valence-corrected chi connectivity index (χ3v) is 4.82. The Morgan fingerprint density at radius 1 is 0.903 bits per heavy atom. The van der Waals surface area contributed by atoms with Crippen molar-refractivity contribution in [3.8, 4) is 11.3 Å². The molecular formula is C24H28N4O3. The number of unbranched alkanes of at least 4 members (excludes halogenated alkanes) is 2. The second-order valence-corrected chi connectivity index (χ2v) is 7.28. The SMILES string of the molecule is Nc1ccccc1NC(=O)CCCCCNC(=O)CCc1ncc(-c2ccccc2)o1. The van der Waals surface area contributed by atoms with E-state index in [4.69, 9.17) is 10.2 Å². The highest BCUT2D eigenvalue weighted by atomic mass is 16.4. The highest BCUT2D eigenvalue weighted by molar-refractivity contribution is 5.93. The average Bonchev–Trinajstić information content (AvgIpc) is 3.26. The summed E-state index contributed by atoms with van der Waals surface area (Å²) < 4.78 is 5.71. The molecule has 1 aromatic heterocycles. The summed E-state index contributed by atoms with van der Waals surface area (Å²) in [5, 5.41) is 5.72. The number of aromatic nitrogens is 1. The molecule has 0 saturated heterocycles. The fourth-order valence-corrected chi connectivity index (χ4v) is 3.11. The Hall–Kier alpha value is -3.61. The minimum Gasteiger partial charge on any atom is -0.441 e. The third kappa shape index (κ3) is 7.29. The summed E-state index contributed by atoms with van der Waals surface area (Å²) in [5.41, 5.74) is 7.98. The number of amides is 2. The first kappa shape index (κ1) is 22.1. The van der Waals surface area contributed by atoms with Gasteiger partial charge >= 0.3 is 0 Å². The van der Waals surface area contributed by atoms with E-state index in [1.54, 1.807) is 18.3 Å². The molecule has 0 aliphatic heterocycles. The smallest absolute Gasteiger partial charge is 0.224 e. The van der Waals surface area contributed by atoms with E-state index >= 15 is 0 Å². The molecule has 0 unspecified atom stereocenters. The van der Waals surface area contributed by atoms with Crippen molar-refractivity contribution in [2.75, 3.05) is 17.6 Å². The molecule has 1 heterocycles. The molecule has 2 amide bonds.